The Hall–Kier alpha value is -3.43. The first kappa shape index (κ1) is 15.1. The standard InChI is InChI=1S/C19H10N2O3S/c20-10-13(8-14-5-3-7-23-14)18-21-16(11-25-18)15-9-12-4-1-2-6-17(12)24-19(15)22/h1-9,11H/b13-8-. The quantitative estimate of drug-likeness (QED) is 0.401. The van der Waals surface area contributed by atoms with Crippen molar-refractivity contribution >= 4 is 34.0 Å². The number of nitrogens with zero attached hydrogens (tertiary/aromatic N) is 2. The van der Waals surface area contributed by atoms with Gasteiger partial charge in [-0.05, 0) is 24.3 Å². The summed E-state index contributed by atoms with van der Waals surface area (Å²) in [6.45, 7) is 0. The van der Waals surface area contributed by atoms with Crippen LogP contribution in [0.3, 0.4) is 0 Å². The number of allylic oxidation sites excluding steroid dienone is 1. The average Bonchev–Trinajstić information content (AvgIpc) is 3.31. The molecule has 25 heavy (non-hydrogen) atoms. The number of para-hydroxylation sites is 1. The van der Waals surface area contributed by atoms with E-state index in [1.807, 2.05) is 18.2 Å². The summed E-state index contributed by atoms with van der Waals surface area (Å²) in [7, 11) is 0. The predicted molar refractivity (Wildman–Crippen MR) is 95.8 cm³/mol. The average molecular weight is 346 g/mol. The lowest BCUT2D eigenvalue weighted by atomic mass is 10.1. The van der Waals surface area contributed by atoms with E-state index in [0.717, 1.165) is 5.39 Å². The Kier molecular flexibility index (Phi) is 3.77. The van der Waals surface area contributed by atoms with Crippen LogP contribution in [0.4, 0.5) is 0 Å². The largest absolute Gasteiger partial charge is 0.465 e. The van der Waals surface area contributed by atoms with E-state index in [2.05, 4.69) is 11.1 Å². The fourth-order valence-electron chi connectivity index (χ4n) is 2.42. The summed E-state index contributed by atoms with van der Waals surface area (Å²) in [6, 6.07) is 14.7. The molecule has 0 aliphatic carbocycles. The lowest BCUT2D eigenvalue weighted by Crippen LogP contribution is -2.02. The Labute approximate surface area is 146 Å². The number of aromatic nitrogens is 1. The van der Waals surface area contributed by atoms with Crippen LogP contribution in [-0.2, 0) is 0 Å². The first-order valence-electron chi connectivity index (χ1n) is 7.39. The van der Waals surface area contributed by atoms with Gasteiger partial charge in [0.2, 0.25) is 0 Å². The van der Waals surface area contributed by atoms with E-state index in [9.17, 15) is 10.1 Å². The first-order chi connectivity index (χ1) is 12.2. The number of fused-ring (bicyclic) bond motifs is 1. The smallest absolute Gasteiger partial charge is 0.345 e. The van der Waals surface area contributed by atoms with Crippen molar-refractivity contribution < 1.29 is 8.83 Å². The Morgan fingerprint density at radius 1 is 1.24 bits per heavy atom. The summed E-state index contributed by atoms with van der Waals surface area (Å²) < 4.78 is 10.6. The molecule has 3 heterocycles. The van der Waals surface area contributed by atoms with Crippen molar-refractivity contribution in [2.45, 2.75) is 0 Å². The van der Waals surface area contributed by atoms with E-state index < -0.39 is 5.63 Å². The fourth-order valence-corrected chi connectivity index (χ4v) is 3.20. The van der Waals surface area contributed by atoms with Crippen LogP contribution in [0.1, 0.15) is 10.8 Å². The third-order valence-electron chi connectivity index (χ3n) is 3.60. The second kappa shape index (κ2) is 6.23. The summed E-state index contributed by atoms with van der Waals surface area (Å²) in [5.41, 5.74) is 1.30. The lowest BCUT2D eigenvalue weighted by molar-refractivity contribution is 0.557. The maximum absolute atomic E-state index is 12.2. The van der Waals surface area contributed by atoms with Crippen LogP contribution in [0.2, 0.25) is 0 Å². The van der Waals surface area contributed by atoms with Crippen molar-refractivity contribution in [1.82, 2.24) is 4.98 Å². The highest BCUT2D eigenvalue weighted by Gasteiger charge is 2.14. The molecule has 4 rings (SSSR count). The molecule has 0 radical (unpaired) electrons. The monoisotopic (exact) mass is 346 g/mol. The highest BCUT2D eigenvalue weighted by atomic mass is 32.1. The second-order valence-corrected chi connectivity index (χ2v) is 6.07. The zero-order chi connectivity index (χ0) is 17.2. The number of thiazole rings is 1. The zero-order valence-electron chi connectivity index (χ0n) is 12.8. The molecule has 0 N–H and O–H groups in total. The molecule has 0 saturated heterocycles. The highest BCUT2D eigenvalue weighted by Crippen LogP contribution is 2.27. The van der Waals surface area contributed by atoms with Gasteiger partial charge < -0.3 is 8.83 Å². The van der Waals surface area contributed by atoms with Gasteiger partial charge in [0.1, 0.15) is 22.4 Å². The van der Waals surface area contributed by atoms with Gasteiger partial charge in [0.05, 0.1) is 23.1 Å². The van der Waals surface area contributed by atoms with E-state index in [-0.39, 0.29) is 0 Å². The zero-order valence-corrected chi connectivity index (χ0v) is 13.6. The molecule has 0 atom stereocenters. The van der Waals surface area contributed by atoms with E-state index >= 15 is 0 Å². The van der Waals surface area contributed by atoms with Gasteiger partial charge >= 0.3 is 5.63 Å². The molecule has 5 nitrogen and oxygen atoms in total. The Balaban J connectivity index is 1.78. The van der Waals surface area contributed by atoms with E-state index in [1.54, 1.807) is 35.7 Å². The van der Waals surface area contributed by atoms with Crippen molar-refractivity contribution in [2.24, 2.45) is 0 Å². The number of benzene rings is 1. The molecule has 4 aromatic rings. The topological polar surface area (TPSA) is 80.0 Å². The van der Waals surface area contributed by atoms with Crippen LogP contribution >= 0.6 is 11.3 Å². The van der Waals surface area contributed by atoms with Crippen LogP contribution in [0.25, 0.3) is 33.9 Å². The molecule has 3 aromatic heterocycles. The Morgan fingerprint density at radius 2 is 2.12 bits per heavy atom. The number of rotatable bonds is 3. The number of hydrogen-bond donors (Lipinski definition) is 0. The molecule has 0 unspecified atom stereocenters. The van der Waals surface area contributed by atoms with Crippen molar-refractivity contribution in [3.05, 3.63) is 75.3 Å². The van der Waals surface area contributed by atoms with Gasteiger partial charge in [-0.1, -0.05) is 18.2 Å². The fraction of sp³-hybridized carbons (Fsp3) is 0. The minimum absolute atomic E-state index is 0.372. The molecule has 0 bridgehead atoms. The molecule has 0 amide bonds. The summed E-state index contributed by atoms with van der Waals surface area (Å²) >= 11 is 1.29. The summed E-state index contributed by atoms with van der Waals surface area (Å²) in [4.78, 5) is 16.7. The van der Waals surface area contributed by atoms with E-state index in [0.29, 0.717) is 33.2 Å². The Bertz CT molecular complexity index is 1180. The van der Waals surface area contributed by atoms with Gasteiger partial charge in [0.15, 0.2) is 0 Å². The summed E-state index contributed by atoms with van der Waals surface area (Å²) in [5.74, 6) is 0.568. The molecule has 0 aliphatic heterocycles. The normalized spacial score (nSPS) is 11.6. The SMILES string of the molecule is N#C/C(=C/c1ccco1)c1nc(-c2cc3ccccc3oc2=O)cs1. The third kappa shape index (κ3) is 2.89. The van der Waals surface area contributed by atoms with E-state index in [1.165, 1.54) is 17.6 Å². The maximum atomic E-state index is 12.2. The molecule has 0 aliphatic rings. The molecule has 1 aromatic carbocycles. The third-order valence-corrected chi connectivity index (χ3v) is 4.48. The van der Waals surface area contributed by atoms with Gasteiger partial charge in [-0.15, -0.1) is 11.3 Å². The van der Waals surface area contributed by atoms with Gasteiger partial charge in [-0.3, -0.25) is 0 Å². The highest BCUT2D eigenvalue weighted by molar-refractivity contribution is 7.11. The van der Waals surface area contributed by atoms with Crippen LogP contribution in [0, 0.1) is 11.3 Å². The van der Waals surface area contributed by atoms with E-state index in [4.69, 9.17) is 8.83 Å². The van der Waals surface area contributed by atoms with Crippen molar-refractivity contribution in [3.63, 3.8) is 0 Å². The molecule has 120 valence electrons. The minimum Gasteiger partial charge on any atom is -0.465 e. The summed E-state index contributed by atoms with van der Waals surface area (Å²) in [5, 5.41) is 12.5. The van der Waals surface area contributed by atoms with Crippen LogP contribution in [0.5, 0.6) is 0 Å². The molecule has 0 spiro atoms. The van der Waals surface area contributed by atoms with Gasteiger partial charge in [0.25, 0.3) is 0 Å². The van der Waals surface area contributed by atoms with Crippen molar-refractivity contribution in [2.75, 3.05) is 0 Å². The van der Waals surface area contributed by atoms with Gasteiger partial charge in [-0.2, -0.15) is 5.26 Å². The predicted octanol–water partition coefficient (Wildman–Crippen LogP) is 4.57. The molecule has 0 saturated carbocycles. The maximum Gasteiger partial charge on any atom is 0.345 e. The molecule has 0 fully saturated rings. The van der Waals surface area contributed by atoms with Gasteiger partial charge in [-0.25, -0.2) is 9.78 Å². The van der Waals surface area contributed by atoms with Crippen LogP contribution in [-0.4, -0.2) is 4.98 Å². The number of furan rings is 1. The van der Waals surface area contributed by atoms with Crippen molar-refractivity contribution in [1.29, 1.82) is 5.26 Å². The molecular weight excluding hydrogens is 336 g/mol. The molecular formula is C19H10N2O3S. The Morgan fingerprint density at radius 3 is 2.92 bits per heavy atom. The number of hydrogen-bond acceptors (Lipinski definition) is 6. The van der Waals surface area contributed by atoms with Crippen LogP contribution in [0.15, 0.2) is 67.7 Å². The van der Waals surface area contributed by atoms with Crippen LogP contribution < -0.4 is 5.63 Å². The first-order valence-corrected chi connectivity index (χ1v) is 8.27. The number of nitriles is 1. The minimum atomic E-state index is -0.455. The molecule has 6 heteroatoms. The summed E-state index contributed by atoms with van der Waals surface area (Å²) in [6.07, 6.45) is 3.15. The van der Waals surface area contributed by atoms with Crippen molar-refractivity contribution in [3.8, 4) is 17.3 Å². The van der Waals surface area contributed by atoms with Gasteiger partial charge in [0, 0.05) is 16.8 Å². The lowest BCUT2D eigenvalue weighted by Gasteiger charge is -1.99. The second-order valence-electron chi connectivity index (χ2n) is 5.21.